The Hall–Kier alpha value is -6.02. The Labute approximate surface area is 316 Å². The maximum Gasteiger partial charge on any atom is 0.119 e. The molecule has 254 valence electrons. The summed E-state index contributed by atoms with van der Waals surface area (Å²) in [5.41, 5.74) is 8.39. The standard InChI is InChI=1S/C53H38Si/c1-10-28-54(29-11-1)52-30-36(48-32-50-38-14-4-2-12-34(38)20-24-44(50)40-16-6-8-18-42(40)48)22-26-46(52)47-27-23-37(31-53(47)54)49-33-51-39-15-5-3-13-35(39)21-25-45(51)41-17-7-9-19-43(41)49/h2-9,12-27,30-33H,1,10-11,28-29H2. The molecule has 2 aliphatic rings. The van der Waals surface area contributed by atoms with Crippen molar-refractivity contribution in [2.24, 2.45) is 0 Å². The zero-order valence-electron chi connectivity index (χ0n) is 30.2. The second-order valence-electron chi connectivity index (χ2n) is 15.9. The van der Waals surface area contributed by atoms with Crippen LogP contribution in [-0.4, -0.2) is 8.07 Å². The molecular formula is C53H38Si. The van der Waals surface area contributed by atoms with Gasteiger partial charge in [-0.3, -0.25) is 0 Å². The lowest BCUT2D eigenvalue weighted by Crippen LogP contribution is -2.56. The van der Waals surface area contributed by atoms with Crippen LogP contribution >= 0.6 is 0 Å². The summed E-state index contributed by atoms with van der Waals surface area (Å²) >= 11 is 0. The summed E-state index contributed by atoms with van der Waals surface area (Å²) in [5.74, 6) is 0. The Balaban J connectivity index is 1.08. The van der Waals surface area contributed by atoms with Gasteiger partial charge in [0.05, 0.1) is 0 Å². The molecule has 0 saturated carbocycles. The predicted molar refractivity (Wildman–Crippen MR) is 236 cm³/mol. The first kappa shape index (κ1) is 30.4. The van der Waals surface area contributed by atoms with Crippen LogP contribution in [0, 0.1) is 0 Å². The zero-order chi connectivity index (χ0) is 35.4. The summed E-state index contributed by atoms with van der Waals surface area (Å²) < 4.78 is 0. The Morgan fingerprint density at radius 3 is 1.17 bits per heavy atom. The highest BCUT2D eigenvalue weighted by atomic mass is 28.3. The summed E-state index contributed by atoms with van der Waals surface area (Å²) in [7, 11) is -2.02. The molecule has 1 heteroatoms. The third-order valence-electron chi connectivity index (χ3n) is 13.2. The fourth-order valence-electron chi connectivity index (χ4n) is 10.7. The Bertz CT molecular complexity index is 2990. The van der Waals surface area contributed by atoms with E-state index in [4.69, 9.17) is 0 Å². The zero-order valence-corrected chi connectivity index (χ0v) is 31.2. The van der Waals surface area contributed by atoms with Gasteiger partial charge in [0.25, 0.3) is 0 Å². The molecule has 0 aromatic heterocycles. The summed E-state index contributed by atoms with van der Waals surface area (Å²) in [6, 6.07) is 67.8. The van der Waals surface area contributed by atoms with Crippen LogP contribution in [0.2, 0.25) is 12.1 Å². The molecular weight excluding hydrogens is 665 g/mol. The monoisotopic (exact) mass is 702 g/mol. The normalized spacial score (nSPS) is 14.8. The molecule has 1 fully saturated rings. The molecule has 0 amide bonds. The van der Waals surface area contributed by atoms with E-state index in [-0.39, 0.29) is 0 Å². The molecule has 10 aromatic carbocycles. The molecule has 54 heavy (non-hydrogen) atoms. The number of hydrogen-bond acceptors (Lipinski definition) is 0. The van der Waals surface area contributed by atoms with Crippen LogP contribution in [0.25, 0.3) is 98.0 Å². The molecule has 0 bridgehead atoms. The van der Waals surface area contributed by atoms with Crippen LogP contribution in [0.4, 0.5) is 0 Å². The van der Waals surface area contributed by atoms with Gasteiger partial charge in [-0.25, -0.2) is 0 Å². The maximum atomic E-state index is 2.66. The van der Waals surface area contributed by atoms with Crippen molar-refractivity contribution in [2.45, 2.75) is 31.4 Å². The second kappa shape index (κ2) is 11.5. The first-order chi connectivity index (χ1) is 26.7. The van der Waals surface area contributed by atoms with Gasteiger partial charge in [0.15, 0.2) is 0 Å². The van der Waals surface area contributed by atoms with E-state index in [1.807, 2.05) is 0 Å². The van der Waals surface area contributed by atoms with Crippen molar-refractivity contribution in [2.75, 3.05) is 0 Å². The topological polar surface area (TPSA) is 0 Å². The third kappa shape index (κ3) is 4.25. The van der Waals surface area contributed by atoms with E-state index in [1.54, 1.807) is 10.4 Å². The number of rotatable bonds is 2. The van der Waals surface area contributed by atoms with E-state index < -0.39 is 8.07 Å². The minimum Gasteiger partial charge on any atom is -0.0616 e. The number of hydrogen-bond donors (Lipinski definition) is 0. The van der Waals surface area contributed by atoms with Crippen molar-refractivity contribution in [1.82, 2.24) is 0 Å². The predicted octanol–water partition coefficient (Wildman–Crippen LogP) is 13.7. The van der Waals surface area contributed by atoms with E-state index in [2.05, 4.69) is 170 Å². The van der Waals surface area contributed by atoms with Crippen molar-refractivity contribution in [3.8, 4) is 33.4 Å². The maximum absolute atomic E-state index is 2.66. The van der Waals surface area contributed by atoms with Gasteiger partial charge in [-0.15, -0.1) is 0 Å². The molecule has 10 aromatic rings. The Kier molecular flexibility index (Phi) is 6.48. The summed E-state index contributed by atoms with van der Waals surface area (Å²) in [6.45, 7) is 0. The minimum atomic E-state index is -2.02. The van der Waals surface area contributed by atoms with Gasteiger partial charge in [0.2, 0.25) is 0 Å². The Morgan fingerprint density at radius 2 is 0.685 bits per heavy atom. The molecule has 0 aliphatic carbocycles. The molecule has 1 saturated heterocycles. The van der Waals surface area contributed by atoms with Crippen LogP contribution in [0.5, 0.6) is 0 Å². The molecule has 2 aliphatic heterocycles. The SMILES string of the molecule is c1ccc2c(c1)ccc1c3ccccc3c(-c3ccc4c(c3)[Si]3(CCCCC3)c3cc(-c5cc6c7ccccc7ccc6c6ccccc56)ccc3-4)cc21. The highest BCUT2D eigenvalue weighted by Crippen LogP contribution is 2.44. The van der Waals surface area contributed by atoms with E-state index in [9.17, 15) is 0 Å². The van der Waals surface area contributed by atoms with Gasteiger partial charge in [-0.1, -0.05) is 177 Å². The van der Waals surface area contributed by atoms with E-state index in [0.29, 0.717) is 0 Å². The lowest BCUT2D eigenvalue weighted by atomic mass is 9.89. The quantitative estimate of drug-likeness (QED) is 0.124. The van der Waals surface area contributed by atoms with Crippen molar-refractivity contribution < 1.29 is 0 Å². The van der Waals surface area contributed by atoms with Crippen molar-refractivity contribution in [3.05, 3.63) is 170 Å². The van der Waals surface area contributed by atoms with Gasteiger partial charge in [-0.2, -0.15) is 0 Å². The summed E-state index contributed by atoms with van der Waals surface area (Å²) in [4.78, 5) is 0. The van der Waals surface area contributed by atoms with Crippen LogP contribution in [0.15, 0.2) is 170 Å². The lowest BCUT2D eigenvalue weighted by Gasteiger charge is -2.34. The highest BCUT2D eigenvalue weighted by Gasteiger charge is 2.46. The largest absolute Gasteiger partial charge is 0.119 e. The van der Waals surface area contributed by atoms with Gasteiger partial charge in [-0.05, 0) is 133 Å². The average molecular weight is 703 g/mol. The average Bonchev–Trinajstić information content (AvgIpc) is 3.50. The lowest BCUT2D eigenvalue weighted by molar-refractivity contribution is 0.721. The van der Waals surface area contributed by atoms with Gasteiger partial charge in [0.1, 0.15) is 8.07 Å². The molecule has 1 spiro atoms. The smallest absolute Gasteiger partial charge is 0.0616 e. The molecule has 0 radical (unpaired) electrons. The van der Waals surface area contributed by atoms with Crippen molar-refractivity contribution >= 4 is 83.1 Å². The van der Waals surface area contributed by atoms with Crippen molar-refractivity contribution in [1.29, 1.82) is 0 Å². The molecule has 0 atom stereocenters. The molecule has 0 unspecified atom stereocenters. The van der Waals surface area contributed by atoms with Crippen LogP contribution in [0.1, 0.15) is 19.3 Å². The summed E-state index contributed by atoms with van der Waals surface area (Å²) in [5, 5.41) is 19.3. The van der Waals surface area contributed by atoms with Gasteiger partial charge >= 0.3 is 0 Å². The Morgan fingerprint density at radius 1 is 0.278 bits per heavy atom. The molecule has 0 N–H and O–H groups in total. The van der Waals surface area contributed by atoms with Gasteiger partial charge in [0, 0.05) is 0 Å². The minimum absolute atomic E-state index is 1.30. The molecule has 0 nitrogen and oxygen atoms in total. The number of fused-ring (bicyclic) bond motifs is 15. The van der Waals surface area contributed by atoms with Crippen molar-refractivity contribution in [3.63, 3.8) is 0 Å². The highest BCUT2D eigenvalue weighted by molar-refractivity contribution is 7.05. The second-order valence-corrected chi connectivity index (χ2v) is 20.1. The fourth-order valence-corrected chi connectivity index (χ4v) is 16.4. The molecule has 12 rings (SSSR count). The molecule has 2 heterocycles. The van der Waals surface area contributed by atoms with E-state index in [0.717, 1.165) is 0 Å². The van der Waals surface area contributed by atoms with Crippen LogP contribution in [0.3, 0.4) is 0 Å². The fraction of sp³-hybridized carbons (Fsp3) is 0.0943. The van der Waals surface area contributed by atoms with Crippen LogP contribution < -0.4 is 10.4 Å². The summed E-state index contributed by atoms with van der Waals surface area (Å²) in [6.07, 6.45) is 4.01. The number of benzene rings is 10. The first-order valence-corrected chi connectivity index (χ1v) is 22.1. The van der Waals surface area contributed by atoms with Crippen LogP contribution in [-0.2, 0) is 0 Å². The van der Waals surface area contributed by atoms with E-state index >= 15 is 0 Å². The van der Waals surface area contributed by atoms with E-state index in [1.165, 1.54) is 129 Å². The third-order valence-corrected chi connectivity index (χ3v) is 18.5. The van der Waals surface area contributed by atoms with Gasteiger partial charge < -0.3 is 0 Å². The first-order valence-electron chi connectivity index (χ1n) is 19.7.